The Labute approximate surface area is 122 Å². The van der Waals surface area contributed by atoms with E-state index in [0.717, 1.165) is 23.4 Å². The summed E-state index contributed by atoms with van der Waals surface area (Å²) < 4.78 is 26.3. The van der Waals surface area contributed by atoms with Crippen LogP contribution in [0.5, 0.6) is 0 Å². The molecule has 5 heteroatoms. The topological polar surface area (TPSA) is 33.2 Å². The molecule has 0 radical (unpaired) electrons. The predicted octanol–water partition coefficient (Wildman–Crippen LogP) is 3.26. The van der Waals surface area contributed by atoms with Gasteiger partial charge in [0, 0.05) is 30.2 Å². The lowest BCUT2D eigenvalue weighted by Crippen LogP contribution is -2.32. The molecule has 0 unspecified atom stereocenters. The van der Waals surface area contributed by atoms with Gasteiger partial charge in [-0.1, -0.05) is 6.07 Å². The van der Waals surface area contributed by atoms with E-state index >= 15 is 0 Å². The highest BCUT2D eigenvalue weighted by Gasteiger charge is 2.16. The quantitative estimate of drug-likeness (QED) is 0.866. The maximum atomic E-state index is 13.3. The van der Waals surface area contributed by atoms with Gasteiger partial charge in [-0.25, -0.2) is 8.78 Å². The molecule has 1 amide bonds. The van der Waals surface area contributed by atoms with Crippen LogP contribution in [0.3, 0.4) is 0 Å². The van der Waals surface area contributed by atoms with Gasteiger partial charge in [-0.15, -0.1) is 0 Å². The summed E-state index contributed by atoms with van der Waals surface area (Å²) in [4.78, 5) is 17.9. The molecule has 0 aliphatic rings. The Morgan fingerprint density at radius 2 is 1.95 bits per heavy atom. The minimum Gasteiger partial charge on any atom is -0.312 e. The van der Waals surface area contributed by atoms with Gasteiger partial charge in [0.15, 0.2) is 11.6 Å². The third kappa shape index (κ3) is 3.62. The second-order valence-corrected chi connectivity index (χ2v) is 4.72. The Balaban J connectivity index is 2.18. The largest absolute Gasteiger partial charge is 0.312 e. The summed E-state index contributed by atoms with van der Waals surface area (Å²) in [6, 6.07) is 7.11. The number of carbonyl (C=O) groups is 1. The van der Waals surface area contributed by atoms with Gasteiger partial charge in [-0.05, 0) is 37.6 Å². The van der Waals surface area contributed by atoms with E-state index in [9.17, 15) is 13.6 Å². The van der Waals surface area contributed by atoms with Crippen molar-refractivity contribution in [3.63, 3.8) is 0 Å². The standard InChI is InChI=1S/C16H16F2N2O/c1-3-20(13-6-7-14(17)15(18)9-13)16(21)8-12-5-4-11(2)19-10-12/h4-7,9-10H,3,8H2,1-2H3. The Bertz CT molecular complexity index is 641. The van der Waals surface area contributed by atoms with Crippen LogP contribution in [0.2, 0.25) is 0 Å². The number of hydrogen-bond acceptors (Lipinski definition) is 2. The Kier molecular flexibility index (Phi) is 4.62. The molecule has 0 aliphatic carbocycles. The van der Waals surface area contributed by atoms with E-state index in [2.05, 4.69) is 4.98 Å². The van der Waals surface area contributed by atoms with Crippen LogP contribution in [0, 0.1) is 18.6 Å². The van der Waals surface area contributed by atoms with Crippen LogP contribution in [0.4, 0.5) is 14.5 Å². The number of likely N-dealkylation sites (N-methyl/N-ethyl adjacent to an activating group) is 1. The number of pyridine rings is 1. The van der Waals surface area contributed by atoms with Crippen molar-refractivity contribution in [1.82, 2.24) is 4.98 Å². The summed E-state index contributed by atoms with van der Waals surface area (Å²) in [6.45, 7) is 4.03. The summed E-state index contributed by atoms with van der Waals surface area (Å²) in [5, 5.41) is 0. The molecule has 0 spiro atoms. The molecule has 1 aromatic heterocycles. The minimum absolute atomic E-state index is 0.167. The van der Waals surface area contributed by atoms with Gasteiger partial charge in [0.1, 0.15) is 0 Å². The lowest BCUT2D eigenvalue weighted by Gasteiger charge is -2.21. The second-order valence-electron chi connectivity index (χ2n) is 4.72. The van der Waals surface area contributed by atoms with E-state index in [1.165, 1.54) is 11.0 Å². The number of benzene rings is 1. The fourth-order valence-electron chi connectivity index (χ4n) is 2.03. The van der Waals surface area contributed by atoms with Crippen LogP contribution < -0.4 is 4.90 Å². The van der Waals surface area contributed by atoms with Crippen molar-refractivity contribution in [3.8, 4) is 0 Å². The molecule has 3 nitrogen and oxygen atoms in total. The zero-order valence-electron chi connectivity index (χ0n) is 11.9. The van der Waals surface area contributed by atoms with Crippen molar-refractivity contribution in [2.24, 2.45) is 0 Å². The first-order chi connectivity index (χ1) is 10.0. The monoisotopic (exact) mass is 290 g/mol. The second kappa shape index (κ2) is 6.43. The highest BCUT2D eigenvalue weighted by molar-refractivity contribution is 5.94. The summed E-state index contributed by atoms with van der Waals surface area (Å²) in [7, 11) is 0. The molecule has 2 rings (SSSR count). The molecular formula is C16H16F2N2O. The molecule has 21 heavy (non-hydrogen) atoms. The van der Waals surface area contributed by atoms with Gasteiger partial charge in [0.05, 0.1) is 6.42 Å². The first-order valence-corrected chi connectivity index (χ1v) is 6.68. The molecule has 0 atom stereocenters. The maximum absolute atomic E-state index is 13.3. The van der Waals surface area contributed by atoms with Gasteiger partial charge in [0.25, 0.3) is 0 Å². The van der Waals surface area contributed by atoms with Crippen molar-refractivity contribution in [3.05, 3.63) is 59.4 Å². The fourth-order valence-corrected chi connectivity index (χ4v) is 2.03. The summed E-state index contributed by atoms with van der Waals surface area (Å²) in [5.41, 5.74) is 2.01. The number of carbonyl (C=O) groups excluding carboxylic acids is 1. The van der Waals surface area contributed by atoms with E-state index < -0.39 is 11.6 Å². The number of anilines is 1. The molecule has 2 aromatic rings. The SMILES string of the molecule is CCN(C(=O)Cc1ccc(C)nc1)c1ccc(F)c(F)c1. The number of amides is 1. The van der Waals surface area contributed by atoms with Gasteiger partial charge in [-0.3, -0.25) is 9.78 Å². The van der Waals surface area contributed by atoms with E-state index in [0.29, 0.717) is 12.2 Å². The summed E-state index contributed by atoms with van der Waals surface area (Å²) in [5.74, 6) is -2.07. The average Bonchev–Trinajstić information content (AvgIpc) is 2.46. The maximum Gasteiger partial charge on any atom is 0.231 e. The van der Waals surface area contributed by atoms with Crippen LogP contribution >= 0.6 is 0 Å². The third-order valence-electron chi connectivity index (χ3n) is 3.16. The molecule has 110 valence electrons. The predicted molar refractivity (Wildman–Crippen MR) is 77.1 cm³/mol. The molecule has 0 aliphatic heterocycles. The van der Waals surface area contributed by atoms with Gasteiger partial charge in [0.2, 0.25) is 5.91 Å². The van der Waals surface area contributed by atoms with Crippen molar-refractivity contribution in [2.75, 3.05) is 11.4 Å². The highest BCUT2D eigenvalue weighted by Crippen LogP contribution is 2.19. The van der Waals surface area contributed by atoms with Crippen LogP contribution in [0.15, 0.2) is 36.5 Å². The van der Waals surface area contributed by atoms with Gasteiger partial charge in [-0.2, -0.15) is 0 Å². The van der Waals surface area contributed by atoms with Gasteiger partial charge < -0.3 is 4.90 Å². The first kappa shape index (κ1) is 15.1. The normalized spacial score (nSPS) is 10.5. The van der Waals surface area contributed by atoms with Crippen LogP contribution in [0.25, 0.3) is 0 Å². The zero-order chi connectivity index (χ0) is 15.4. The first-order valence-electron chi connectivity index (χ1n) is 6.68. The Hall–Kier alpha value is -2.30. The smallest absolute Gasteiger partial charge is 0.231 e. The van der Waals surface area contributed by atoms with E-state index in [4.69, 9.17) is 0 Å². The highest BCUT2D eigenvalue weighted by atomic mass is 19.2. The van der Waals surface area contributed by atoms with Crippen molar-refractivity contribution in [2.45, 2.75) is 20.3 Å². The molecule has 0 fully saturated rings. The average molecular weight is 290 g/mol. The number of aromatic nitrogens is 1. The lowest BCUT2D eigenvalue weighted by atomic mass is 10.1. The zero-order valence-corrected chi connectivity index (χ0v) is 11.9. The molecular weight excluding hydrogens is 274 g/mol. The molecule has 0 saturated heterocycles. The molecule has 0 bridgehead atoms. The van der Waals surface area contributed by atoms with Crippen molar-refractivity contribution in [1.29, 1.82) is 0 Å². The van der Waals surface area contributed by atoms with Crippen molar-refractivity contribution < 1.29 is 13.6 Å². The Morgan fingerprint density at radius 3 is 2.52 bits per heavy atom. The van der Waals surface area contributed by atoms with E-state index in [1.807, 2.05) is 19.1 Å². The van der Waals surface area contributed by atoms with E-state index in [-0.39, 0.29) is 12.3 Å². The summed E-state index contributed by atoms with van der Waals surface area (Å²) >= 11 is 0. The van der Waals surface area contributed by atoms with Crippen LogP contribution in [0.1, 0.15) is 18.2 Å². The number of rotatable bonds is 4. The van der Waals surface area contributed by atoms with Gasteiger partial charge >= 0.3 is 0 Å². The third-order valence-corrected chi connectivity index (χ3v) is 3.16. The van der Waals surface area contributed by atoms with E-state index in [1.54, 1.807) is 13.1 Å². The Morgan fingerprint density at radius 1 is 1.19 bits per heavy atom. The van der Waals surface area contributed by atoms with Crippen molar-refractivity contribution >= 4 is 11.6 Å². The summed E-state index contributed by atoms with van der Waals surface area (Å²) in [6.07, 6.45) is 1.81. The number of halogens is 2. The van der Waals surface area contributed by atoms with Crippen LogP contribution in [-0.2, 0) is 11.2 Å². The number of aryl methyl sites for hydroxylation is 1. The fraction of sp³-hybridized carbons (Fsp3) is 0.250. The molecule has 1 aromatic carbocycles. The number of nitrogens with zero attached hydrogens (tertiary/aromatic N) is 2. The molecule has 1 heterocycles. The molecule has 0 saturated carbocycles. The minimum atomic E-state index is -0.962. The number of hydrogen-bond donors (Lipinski definition) is 0. The lowest BCUT2D eigenvalue weighted by molar-refractivity contribution is -0.117. The van der Waals surface area contributed by atoms with Crippen LogP contribution in [-0.4, -0.2) is 17.4 Å². The molecule has 0 N–H and O–H groups in total.